The summed E-state index contributed by atoms with van der Waals surface area (Å²) in [6.45, 7) is 8.11. The highest BCUT2D eigenvalue weighted by molar-refractivity contribution is 5.79. The number of hydrogen-bond acceptors (Lipinski definition) is 3. The Labute approximate surface area is 98.0 Å². The zero-order valence-corrected chi connectivity index (χ0v) is 10.6. The average molecular weight is 228 g/mol. The molecule has 0 bridgehead atoms. The number of nitrogens with zero attached hydrogens (tertiary/aromatic N) is 2. The maximum atomic E-state index is 5.50. The van der Waals surface area contributed by atoms with Gasteiger partial charge in [0.1, 0.15) is 0 Å². The van der Waals surface area contributed by atoms with Gasteiger partial charge in [0.25, 0.3) is 0 Å². The topological polar surface area (TPSA) is 62.9 Å². The molecule has 16 heavy (non-hydrogen) atoms. The first-order chi connectivity index (χ1) is 7.69. The van der Waals surface area contributed by atoms with Crippen LogP contribution in [0.4, 0.5) is 0 Å². The molecule has 1 aliphatic heterocycles. The molecule has 94 valence electrons. The van der Waals surface area contributed by atoms with Crippen LogP contribution in [0.25, 0.3) is 0 Å². The van der Waals surface area contributed by atoms with Gasteiger partial charge in [-0.05, 0) is 18.3 Å². The van der Waals surface area contributed by atoms with Crippen molar-refractivity contribution in [1.82, 2.24) is 10.3 Å². The van der Waals surface area contributed by atoms with Crippen LogP contribution in [0.5, 0.6) is 0 Å². The first-order valence-electron chi connectivity index (χ1n) is 5.94. The molecule has 1 heterocycles. The van der Waals surface area contributed by atoms with Crippen LogP contribution in [0.15, 0.2) is 4.99 Å². The number of hydrazine groups is 1. The van der Waals surface area contributed by atoms with Gasteiger partial charge >= 0.3 is 0 Å². The fourth-order valence-electron chi connectivity index (χ4n) is 1.93. The highest BCUT2D eigenvalue weighted by Crippen LogP contribution is 2.21. The van der Waals surface area contributed by atoms with Gasteiger partial charge < -0.3 is 9.64 Å². The fourth-order valence-corrected chi connectivity index (χ4v) is 1.93. The lowest BCUT2D eigenvalue weighted by molar-refractivity contribution is 0.197. The van der Waals surface area contributed by atoms with Crippen molar-refractivity contribution in [3.05, 3.63) is 0 Å². The lowest BCUT2D eigenvalue weighted by Gasteiger charge is -2.19. The summed E-state index contributed by atoms with van der Waals surface area (Å²) in [5.74, 6) is 7.73. The number of hydrogen-bond donors (Lipinski definition) is 2. The summed E-state index contributed by atoms with van der Waals surface area (Å²) in [4.78, 5) is 6.68. The molecule has 0 aromatic heterocycles. The van der Waals surface area contributed by atoms with E-state index < -0.39 is 0 Å². The summed E-state index contributed by atoms with van der Waals surface area (Å²) in [5, 5.41) is 0. The third kappa shape index (κ3) is 3.64. The lowest BCUT2D eigenvalue weighted by atomic mass is 10.0. The lowest BCUT2D eigenvalue weighted by Crippen LogP contribution is -2.44. The van der Waals surface area contributed by atoms with Gasteiger partial charge in [0.2, 0.25) is 5.96 Å². The molecule has 0 spiro atoms. The quantitative estimate of drug-likeness (QED) is 0.241. The predicted molar refractivity (Wildman–Crippen MR) is 66.0 cm³/mol. The Morgan fingerprint density at radius 3 is 2.56 bits per heavy atom. The van der Waals surface area contributed by atoms with Crippen LogP contribution in [-0.2, 0) is 4.74 Å². The Kier molecular flexibility index (Phi) is 5.55. The molecule has 0 radical (unpaired) electrons. The molecule has 0 aliphatic carbocycles. The fraction of sp³-hybridized carbons (Fsp3) is 0.909. The van der Waals surface area contributed by atoms with Gasteiger partial charge in [-0.25, -0.2) is 5.84 Å². The second-order valence-corrected chi connectivity index (χ2v) is 4.56. The number of nitrogens with one attached hydrogen (secondary N) is 1. The van der Waals surface area contributed by atoms with Crippen molar-refractivity contribution in [2.24, 2.45) is 22.7 Å². The first kappa shape index (κ1) is 13.3. The van der Waals surface area contributed by atoms with E-state index in [1.165, 1.54) is 0 Å². The minimum Gasteiger partial charge on any atom is -0.385 e. The van der Waals surface area contributed by atoms with Gasteiger partial charge in [-0.3, -0.25) is 10.4 Å². The van der Waals surface area contributed by atoms with E-state index in [1.54, 1.807) is 7.11 Å². The Morgan fingerprint density at radius 1 is 1.44 bits per heavy atom. The van der Waals surface area contributed by atoms with E-state index >= 15 is 0 Å². The zero-order chi connectivity index (χ0) is 12.0. The van der Waals surface area contributed by atoms with Crippen LogP contribution < -0.4 is 11.3 Å². The van der Waals surface area contributed by atoms with E-state index in [0.717, 1.165) is 38.6 Å². The van der Waals surface area contributed by atoms with Gasteiger partial charge in [-0.15, -0.1) is 0 Å². The number of methoxy groups -OCH3 is 1. The normalized spacial score (nSPS) is 26.2. The molecule has 0 amide bonds. The van der Waals surface area contributed by atoms with Crippen LogP contribution in [0.3, 0.4) is 0 Å². The van der Waals surface area contributed by atoms with Gasteiger partial charge in [-0.1, -0.05) is 13.8 Å². The Hall–Kier alpha value is -0.810. The number of rotatable bonds is 4. The van der Waals surface area contributed by atoms with Crippen molar-refractivity contribution in [1.29, 1.82) is 0 Å². The number of guanidine groups is 1. The van der Waals surface area contributed by atoms with E-state index in [-0.39, 0.29) is 0 Å². The van der Waals surface area contributed by atoms with Crippen LogP contribution in [-0.4, -0.2) is 44.2 Å². The molecule has 3 N–H and O–H groups in total. The third-order valence-corrected chi connectivity index (χ3v) is 3.18. The predicted octanol–water partition coefficient (Wildman–Crippen LogP) is 0.430. The molecule has 2 atom stereocenters. The van der Waals surface area contributed by atoms with Gasteiger partial charge in [0, 0.05) is 33.4 Å². The molecule has 1 aliphatic rings. The van der Waals surface area contributed by atoms with Crippen LogP contribution in [0, 0.1) is 11.8 Å². The summed E-state index contributed by atoms with van der Waals surface area (Å²) in [7, 11) is 1.70. The SMILES string of the molecule is COCCCN=C(NN)N1CC(C)C(C)C1. The summed E-state index contributed by atoms with van der Waals surface area (Å²) >= 11 is 0. The van der Waals surface area contributed by atoms with E-state index in [4.69, 9.17) is 10.6 Å². The van der Waals surface area contributed by atoms with Crippen molar-refractivity contribution in [2.45, 2.75) is 20.3 Å². The summed E-state index contributed by atoms with van der Waals surface area (Å²) < 4.78 is 4.98. The molecule has 0 saturated carbocycles. The summed E-state index contributed by atoms with van der Waals surface area (Å²) in [6, 6.07) is 0. The van der Waals surface area contributed by atoms with Crippen molar-refractivity contribution in [3.63, 3.8) is 0 Å². The van der Waals surface area contributed by atoms with E-state index in [1.807, 2.05) is 0 Å². The minimum atomic E-state index is 0.706. The molecule has 5 heteroatoms. The molecule has 0 aromatic rings. The second-order valence-electron chi connectivity index (χ2n) is 4.56. The van der Waals surface area contributed by atoms with Crippen molar-refractivity contribution in [2.75, 3.05) is 33.4 Å². The molecule has 1 saturated heterocycles. The smallest absolute Gasteiger partial charge is 0.208 e. The molecule has 0 aromatic carbocycles. The number of likely N-dealkylation sites (tertiary alicyclic amines) is 1. The molecule has 1 rings (SSSR count). The average Bonchev–Trinajstić information content (AvgIpc) is 2.59. The maximum absolute atomic E-state index is 5.50. The summed E-state index contributed by atoms with van der Waals surface area (Å²) in [5.41, 5.74) is 2.70. The third-order valence-electron chi connectivity index (χ3n) is 3.18. The first-order valence-corrected chi connectivity index (χ1v) is 5.94. The molecule has 5 nitrogen and oxygen atoms in total. The molecular formula is C11H24N4O. The minimum absolute atomic E-state index is 0.706. The zero-order valence-electron chi connectivity index (χ0n) is 10.6. The number of nitrogens with two attached hydrogens (primary N) is 1. The van der Waals surface area contributed by atoms with Crippen LogP contribution >= 0.6 is 0 Å². The Balaban J connectivity index is 2.41. The molecule has 2 unspecified atom stereocenters. The van der Waals surface area contributed by atoms with E-state index in [9.17, 15) is 0 Å². The Bertz CT molecular complexity index is 222. The van der Waals surface area contributed by atoms with Gasteiger partial charge in [-0.2, -0.15) is 0 Å². The number of ether oxygens (including phenoxy) is 1. The Morgan fingerprint density at radius 2 is 2.06 bits per heavy atom. The molecular weight excluding hydrogens is 204 g/mol. The van der Waals surface area contributed by atoms with Crippen LogP contribution in [0.2, 0.25) is 0 Å². The standard InChI is InChI=1S/C11H24N4O/c1-9-7-15(8-10(9)2)11(14-12)13-5-4-6-16-3/h9-10H,4-8,12H2,1-3H3,(H,13,14). The largest absolute Gasteiger partial charge is 0.385 e. The highest BCUT2D eigenvalue weighted by Gasteiger charge is 2.27. The van der Waals surface area contributed by atoms with Crippen LogP contribution in [0.1, 0.15) is 20.3 Å². The number of aliphatic imine (C=N–C) groups is 1. The van der Waals surface area contributed by atoms with Crippen molar-refractivity contribution < 1.29 is 4.74 Å². The summed E-state index contributed by atoms with van der Waals surface area (Å²) in [6.07, 6.45) is 0.931. The van der Waals surface area contributed by atoms with E-state index in [0.29, 0.717) is 11.8 Å². The maximum Gasteiger partial charge on any atom is 0.208 e. The van der Waals surface area contributed by atoms with Crippen molar-refractivity contribution >= 4 is 5.96 Å². The van der Waals surface area contributed by atoms with E-state index in [2.05, 4.69) is 29.2 Å². The highest BCUT2D eigenvalue weighted by atomic mass is 16.5. The second kappa shape index (κ2) is 6.70. The molecule has 1 fully saturated rings. The van der Waals surface area contributed by atoms with Gasteiger partial charge in [0.05, 0.1) is 0 Å². The monoisotopic (exact) mass is 228 g/mol. The van der Waals surface area contributed by atoms with Crippen molar-refractivity contribution in [3.8, 4) is 0 Å². The van der Waals surface area contributed by atoms with Gasteiger partial charge in [0.15, 0.2) is 0 Å².